The zero-order valence-electron chi connectivity index (χ0n) is 13.4. The van der Waals surface area contributed by atoms with Crippen LogP contribution in [0, 0.1) is 0 Å². The summed E-state index contributed by atoms with van der Waals surface area (Å²) in [5.74, 6) is -0.0151. The van der Waals surface area contributed by atoms with Gasteiger partial charge in [-0.1, -0.05) is 31.2 Å². The standard InChI is InChI=1S/C17H25N3O2/c1-3-13(2)19-16(21)8-10-18-17(22)20-11-9-14-6-4-5-7-15(14)12-20/h4-7,13H,3,8-12H2,1-2H3,(H,18,22)(H,19,21). The molecular formula is C17H25N3O2. The van der Waals surface area contributed by atoms with Crippen LogP contribution in [0.15, 0.2) is 24.3 Å². The third kappa shape index (κ3) is 4.48. The van der Waals surface area contributed by atoms with Gasteiger partial charge in [-0.15, -0.1) is 0 Å². The van der Waals surface area contributed by atoms with E-state index in [2.05, 4.69) is 22.8 Å². The molecule has 0 fully saturated rings. The van der Waals surface area contributed by atoms with Crippen molar-refractivity contribution in [1.29, 1.82) is 0 Å². The molecule has 5 heteroatoms. The van der Waals surface area contributed by atoms with Gasteiger partial charge in [-0.05, 0) is 30.9 Å². The quantitative estimate of drug-likeness (QED) is 0.874. The highest BCUT2D eigenvalue weighted by Crippen LogP contribution is 2.18. The predicted molar refractivity (Wildman–Crippen MR) is 86.5 cm³/mol. The smallest absolute Gasteiger partial charge is 0.317 e. The molecule has 22 heavy (non-hydrogen) atoms. The molecule has 0 saturated heterocycles. The summed E-state index contributed by atoms with van der Waals surface area (Å²) in [6.07, 6.45) is 2.11. The first-order chi connectivity index (χ1) is 10.6. The molecule has 1 heterocycles. The van der Waals surface area contributed by atoms with Gasteiger partial charge in [0.05, 0.1) is 0 Å². The van der Waals surface area contributed by atoms with Crippen LogP contribution in [0.1, 0.15) is 37.8 Å². The van der Waals surface area contributed by atoms with Crippen LogP contribution >= 0.6 is 0 Å². The molecule has 0 bridgehead atoms. The van der Waals surface area contributed by atoms with Crippen molar-refractivity contribution in [3.8, 4) is 0 Å². The summed E-state index contributed by atoms with van der Waals surface area (Å²) in [6, 6.07) is 8.30. The molecule has 120 valence electrons. The largest absolute Gasteiger partial charge is 0.354 e. The van der Waals surface area contributed by atoms with Crippen molar-refractivity contribution in [2.45, 2.75) is 45.7 Å². The molecule has 1 aromatic carbocycles. The van der Waals surface area contributed by atoms with Crippen LogP contribution in [0.25, 0.3) is 0 Å². The number of urea groups is 1. The summed E-state index contributed by atoms with van der Waals surface area (Å²) in [4.78, 5) is 25.6. The van der Waals surface area contributed by atoms with Gasteiger partial charge in [0.2, 0.25) is 5.91 Å². The van der Waals surface area contributed by atoms with E-state index in [4.69, 9.17) is 0 Å². The van der Waals surface area contributed by atoms with E-state index < -0.39 is 0 Å². The van der Waals surface area contributed by atoms with Gasteiger partial charge in [0.1, 0.15) is 0 Å². The van der Waals surface area contributed by atoms with E-state index in [0.29, 0.717) is 19.5 Å². The molecular weight excluding hydrogens is 278 g/mol. The van der Waals surface area contributed by atoms with Crippen molar-refractivity contribution in [2.24, 2.45) is 0 Å². The first-order valence-electron chi connectivity index (χ1n) is 7.99. The fraction of sp³-hybridized carbons (Fsp3) is 0.529. The third-order valence-electron chi connectivity index (χ3n) is 4.07. The Hall–Kier alpha value is -2.04. The molecule has 0 radical (unpaired) electrons. The average Bonchev–Trinajstić information content (AvgIpc) is 2.54. The molecule has 5 nitrogen and oxygen atoms in total. The number of amides is 3. The number of benzene rings is 1. The Morgan fingerprint density at radius 3 is 2.73 bits per heavy atom. The minimum absolute atomic E-state index is 0.0151. The molecule has 0 saturated carbocycles. The Morgan fingerprint density at radius 1 is 1.27 bits per heavy atom. The van der Waals surface area contributed by atoms with Crippen molar-refractivity contribution in [1.82, 2.24) is 15.5 Å². The number of nitrogens with one attached hydrogen (secondary N) is 2. The Morgan fingerprint density at radius 2 is 2.00 bits per heavy atom. The maximum atomic E-state index is 12.2. The number of rotatable bonds is 5. The monoisotopic (exact) mass is 303 g/mol. The first kappa shape index (κ1) is 16.3. The molecule has 0 aliphatic carbocycles. The van der Waals surface area contributed by atoms with E-state index in [1.165, 1.54) is 11.1 Å². The third-order valence-corrected chi connectivity index (χ3v) is 4.07. The van der Waals surface area contributed by atoms with Crippen LogP contribution in [-0.2, 0) is 17.8 Å². The SMILES string of the molecule is CCC(C)NC(=O)CCNC(=O)N1CCc2ccccc2C1. The van der Waals surface area contributed by atoms with E-state index in [0.717, 1.165) is 19.4 Å². The fourth-order valence-corrected chi connectivity index (χ4v) is 2.51. The van der Waals surface area contributed by atoms with Crippen LogP contribution in [0.2, 0.25) is 0 Å². The molecule has 0 spiro atoms. The summed E-state index contributed by atoms with van der Waals surface area (Å²) in [6.45, 7) is 5.74. The van der Waals surface area contributed by atoms with Gasteiger partial charge >= 0.3 is 6.03 Å². The minimum atomic E-state index is -0.0918. The summed E-state index contributed by atoms with van der Waals surface area (Å²) in [5, 5.41) is 5.72. The maximum absolute atomic E-state index is 12.2. The lowest BCUT2D eigenvalue weighted by Gasteiger charge is -2.28. The van der Waals surface area contributed by atoms with Gasteiger partial charge in [-0.2, -0.15) is 0 Å². The predicted octanol–water partition coefficient (Wildman–Crippen LogP) is 2.06. The summed E-state index contributed by atoms with van der Waals surface area (Å²) in [5.41, 5.74) is 2.53. The molecule has 1 aliphatic heterocycles. The van der Waals surface area contributed by atoms with Crippen molar-refractivity contribution >= 4 is 11.9 Å². The van der Waals surface area contributed by atoms with Crippen molar-refractivity contribution in [3.05, 3.63) is 35.4 Å². The minimum Gasteiger partial charge on any atom is -0.354 e. The molecule has 1 aromatic rings. The van der Waals surface area contributed by atoms with Crippen LogP contribution in [0.4, 0.5) is 4.79 Å². The van der Waals surface area contributed by atoms with Gasteiger partial charge in [0, 0.05) is 32.1 Å². The molecule has 0 aromatic heterocycles. The Bertz CT molecular complexity index is 530. The number of hydrogen-bond donors (Lipinski definition) is 2. The van der Waals surface area contributed by atoms with Gasteiger partial charge in [-0.3, -0.25) is 4.79 Å². The molecule has 1 aliphatic rings. The van der Waals surface area contributed by atoms with Crippen molar-refractivity contribution in [3.63, 3.8) is 0 Å². The second-order valence-electron chi connectivity index (χ2n) is 5.80. The lowest BCUT2D eigenvalue weighted by atomic mass is 10.0. The maximum Gasteiger partial charge on any atom is 0.317 e. The van der Waals surface area contributed by atoms with Crippen LogP contribution < -0.4 is 10.6 Å². The van der Waals surface area contributed by atoms with Crippen molar-refractivity contribution < 1.29 is 9.59 Å². The zero-order chi connectivity index (χ0) is 15.9. The lowest BCUT2D eigenvalue weighted by Crippen LogP contribution is -2.44. The van der Waals surface area contributed by atoms with E-state index in [1.807, 2.05) is 26.0 Å². The number of nitrogens with zero attached hydrogens (tertiary/aromatic N) is 1. The Labute approximate surface area is 132 Å². The van der Waals surface area contributed by atoms with Crippen LogP contribution in [0.5, 0.6) is 0 Å². The van der Waals surface area contributed by atoms with E-state index in [1.54, 1.807) is 4.90 Å². The van der Waals surface area contributed by atoms with Crippen molar-refractivity contribution in [2.75, 3.05) is 13.1 Å². The van der Waals surface area contributed by atoms with Crippen LogP contribution in [-0.4, -0.2) is 36.0 Å². The van der Waals surface area contributed by atoms with E-state index in [9.17, 15) is 9.59 Å². The molecule has 2 rings (SSSR count). The van der Waals surface area contributed by atoms with Crippen LogP contribution in [0.3, 0.4) is 0 Å². The Balaban J connectivity index is 1.74. The topological polar surface area (TPSA) is 61.4 Å². The summed E-state index contributed by atoms with van der Waals surface area (Å²) < 4.78 is 0. The van der Waals surface area contributed by atoms with Gasteiger partial charge in [0.25, 0.3) is 0 Å². The number of fused-ring (bicyclic) bond motifs is 1. The average molecular weight is 303 g/mol. The highest BCUT2D eigenvalue weighted by Gasteiger charge is 2.20. The summed E-state index contributed by atoms with van der Waals surface area (Å²) >= 11 is 0. The molecule has 2 N–H and O–H groups in total. The number of hydrogen-bond acceptors (Lipinski definition) is 2. The number of carbonyl (C=O) groups is 2. The summed E-state index contributed by atoms with van der Waals surface area (Å²) in [7, 11) is 0. The van der Waals surface area contributed by atoms with Gasteiger partial charge in [-0.25, -0.2) is 4.79 Å². The second kappa shape index (κ2) is 7.82. The normalized spacial score (nSPS) is 14.9. The highest BCUT2D eigenvalue weighted by molar-refractivity contribution is 5.78. The van der Waals surface area contributed by atoms with E-state index >= 15 is 0 Å². The molecule has 3 amide bonds. The zero-order valence-corrected chi connectivity index (χ0v) is 13.4. The molecule has 1 unspecified atom stereocenters. The van der Waals surface area contributed by atoms with E-state index in [-0.39, 0.29) is 18.0 Å². The lowest BCUT2D eigenvalue weighted by molar-refractivity contribution is -0.121. The molecule has 1 atom stereocenters. The first-order valence-corrected chi connectivity index (χ1v) is 7.99. The second-order valence-corrected chi connectivity index (χ2v) is 5.80. The Kier molecular flexibility index (Phi) is 5.81. The fourth-order valence-electron chi connectivity index (χ4n) is 2.51. The highest BCUT2D eigenvalue weighted by atomic mass is 16.2. The van der Waals surface area contributed by atoms with Gasteiger partial charge in [0.15, 0.2) is 0 Å². The number of carbonyl (C=O) groups excluding carboxylic acids is 2. The van der Waals surface area contributed by atoms with Gasteiger partial charge < -0.3 is 15.5 Å².